The lowest BCUT2D eigenvalue weighted by molar-refractivity contribution is -0.148. The molecule has 1 N–H and O–H groups in total. The summed E-state index contributed by atoms with van der Waals surface area (Å²) in [4.78, 5) is 40.9. The van der Waals surface area contributed by atoms with Gasteiger partial charge in [0.05, 0.1) is 17.5 Å². The minimum Gasteiger partial charge on any atom is -0.456 e. The van der Waals surface area contributed by atoms with E-state index in [4.69, 9.17) is 4.74 Å². The molecule has 152 valence electrons. The van der Waals surface area contributed by atoms with Crippen molar-refractivity contribution in [2.24, 2.45) is 0 Å². The van der Waals surface area contributed by atoms with E-state index in [2.05, 4.69) is 17.2 Å². The van der Waals surface area contributed by atoms with Gasteiger partial charge in [-0.15, -0.1) is 0 Å². The van der Waals surface area contributed by atoms with Crippen molar-refractivity contribution >= 4 is 22.9 Å². The third-order valence-corrected chi connectivity index (χ3v) is 4.61. The van der Waals surface area contributed by atoms with Crippen LogP contribution in [-0.2, 0) is 27.3 Å². The maximum absolute atomic E-state index is 12.8. The standard InChI is InChI=1S/C21H29N3O4/c1-4-6-13-24-18-10-8-7-9-16(18)23-17(21(24)27)11-12-20(26)28-14-19(25)22-15(3)5-2/h7-10,15H,4-6,11-14H2,1-3H3,(H,22,25). The Balaban J connectivity index is 2.03. The molecule has 0 saturated heterocycles. The summed E-state index contributed by atoms with van der Waals surface area (Å²) in [6.07, 6.45) is 2.86. The quantitative estimate of drug-likeness (QED) is 0.633. The number of unbranched alkanes of at least 4 members (excludes halogenated alkanes) is 1. The first-order valence-electron chi connectivity index (χ1n) is 9.89. The second-order valence-electron chi connectivity index (χ2n) is 6.90. The number of carbonyl (C=O) groups excluding carboxylic acids is 2. The van der Waals surface area contributed by atoms with Crippen LogP contribution in [0.5, 0.6) is 0 Å². The normalized spacial score (nSPS) is 12.0. The smallest absolute Gasteiger partial charge is 0.306 e. The maximum atomic E-state index is 12.8. The molecule has 2 aromatic rings. The molecule has 0 bridgehead atoms. The molecule has 2 rings (SSSR count). The molecule has 0 spiro atoms. The van der Waals surface area contributed by atoms with Gasteiger partial charge in [-0.05, 0) is 31.9 Å². The molecule has 1 amide bonds. The molecule has 1 aromatic heterocycles. The Hall–Kier alpha value is -2.70. The number of nitrogens with one attached hydrogen (secondary N) is 1. The maximum Gasteiger partial charge on any atom is 0.306 e. The molecule has 0 radical (unpaired) electrons. The molecule has 0 aliphatic rings. The Morgan fingerprint density at radius 1 is 1.25 bits per heavy atom. The summed E-state index contributed by atoms with van der Waals surface area (Å²) >= 11 is 0. The van der Waals surface area contributed by atoms with E-state index in [-0.39, 0.29) is 37.0 Å². The largest absolute Gasteiger partial charge is 0.456 e. The van der Waals surface area contributed by atoms with Gasteiger partial charge in [0.25, 0.3) is 11.5 Å². The van der Waals surface area contributed by atoms with Gasteiger partial charge in [-0.3, -0.25) is 14.4 Å². The highest BCUT2D eigenvalue weighted by molar-refractivity contribution is 5.80. The highest BCUT2D eigenvalue weighted by Crippen LogP contribution is 2.12. The molecule has 1 atom stereocenters. The number of hydrogen-bond donors (Lipinski definition) is 1. The van der Waals surface area contributed by atoms with Crippen LogP contribution in [-0.4, -0.2) is 34.1 Å². The van der Waals surface area contributed by atoms with Gasteiger partial charge in [0.15, 0.2) is 6.61 Å². The van der Waals surface area contributed by atoms with Crippen molar-refractivity contribution in [2.75, 3.05) is 6.61 Å². The first kappa shape index (κ1) is 21.6. The van der Waals surface area contributed by atoms with Gasteiger partial charge in [-0.2, -0.15) is 0 Å². The van der Waals surface area contributed by atoms with Gasteiger partial charge in [-0.1, -0.05) is 32.4 Å². The monoisotopic (exact) mass is 387 g/mol. The lowest BCUT2D eigenvalue weighted by Crippen LogP contribution is -2.35. The average molecular weight is 387 g/mol. The summed E-state index contributed by atoms with van der Waals surface area (Å²) in [7, 11) is 0. The van der Waals surface area contributed by atoms with E-state index in [1.165, 1.54) is 0 Å². The number of esters is 1. The molecule has 1 heterocycles. The summed E-state index contributed by atoms with van der Waals surface area (Å²) in [6, 6.07) is 7.53. The molecule has 1 unspecified atom stereocenters. The third kappa shape index (κ3) is 5.90. The van der Waals surface area contributed by atoms with Crippen LogP contribution in [0.3, 0.4) is 0 Å². The molecule has 7 nitrogen and oxygen atoms in total. The number of aromatic nitrogens is 2. The summed E-state index contributed by atoms with van der Waals surface area (Å²) in [6.45, 7) is 6.22. The lowest BCUT2D eigenvalue weighted by Gasteiger charge is -2.12. The van der Waals surface area contributed by atoms with Crippen LogP contribution in [0.2, 0.25) is 0 Å². The van der Waals surface area contributed by atoms with Crippen LogP contribution in [0.1, 0.15) is 52.1 Å². The molecular weight excluding hydrogens is 358 g/mol. The number of nitrogens with zero attached hydrogens (tertiary/aromatic N) is 2. The first-order chi connectivity index (χ1) is 13.5. The van der Waals surface area contributed by atoms with Crippen molar-refractivity contribution in [1.29, 1.82) is 0 Å². The van der Waals surface area contributed by atoms with Gasteiger partial charge in [-0.25, -0.2) is 4.98 Å². The molecular formula is C21H29N3O4. The molecule has 0 aliphatic carbocycles. The van der Waals surface area contributed by atoms with Crippen LogP contribution in [0.4, 0.5) is 0 Å². The van der Waals surface area contributed by atoms with Crippen LogP contribution < -0.4 is 10.9 Å². The zero-order chi connectivity index (χ0) is 20.5. The number of carbonyl (C=O) groups is 2. The Morgan fingerprint density at radius 3 is 2.71 bits per heavy atom. The number of amides is 1. The molecule has 28 heavy (non-hydrogen) atoms. The number of ether oxygens (including phenoxy) is 1. The van der Waals surface area contributed by atoms with E-state index in [9.17, 15) is 14.4 Å². The molecule has 1 aromatic carbocycles. The second-order valence-corrected chi connectivity index (χ2v) is 6.90. The van der Waals surface area contributed by atoms with Gasteiger partial charge in [0.1, 0.15) is 5.69 Å². The minimum atomic E-state index is -0.520. The van der Waals surface area contributed by atoms with Crippen molar-refractivity contribution < 1.29 is 14.3 Å². The fourth-order valence-corrected chi connectivity index (χ4v) is 2.80. The predicted molar refractivity (Wildman–Crippen MR) is 108 cm³/mol. The fourth-order valence-electron chi connectivity index (χ4n) is 2.80. The molecule has 0 saturated carbocycles. The number of hydrogen-bond acceptors (Lipinski definition) is 5. The van der Waals surface area contributed by atoms with Crippen molar-refractivity contribution in [3.8, 4) is 0 Å². The van der Waals surface area contributed by atoms with Crippen molar-refractivity contribution in [1.82, 2.24) is 14.9 Å². The van der Waals surface area contributed by atoms with E-state index >= 15 is 0 Å². The average Bonchev–Trinajstić information content (AvgIpc) is 2.70. The fraction of sp³-hybridized carbons (Fsp3) is 0.524. The second kappa shape index (κ2) is 10.6. The van der Waals surface area contributed by atoms with Gasteiger partial charge in [0, 0.05) is 19.0 Å². The van der Waals surface area contributed by atoms with Gasteiger partial charge < -0.3 is 14.6 Å². The van der Waals surface area contributed by atoms with Crippen molar-refractivity contribution in [3.63, 3.8) is 0 Å². The summed E-state index contributed by atoms with van der Waals surface area (Å²) in [5.74, 6) is -0.845. The molecule has 7 heteroatoms. The zero-order valence-electron chi connectivity index (χ0n) is 16.9. The summed E-state index contributed by atoms with van der Waals surface area (Å²) in [5, 5.41) is 2.73. The zero-order valence-corrected chi connectivity index (χ0v) is 16.9. The highest BCUT2D eigenvalue weighted by Gasteiger charge is 2.14. The Morgan fingerprint density at radius 2 is 2.00 bits per heavy atom. The Bertz CT molecular complexity index is 876. The van der Waals surface area contributed by atoms with E-state index in [0.717, 1.165) is 30.3 Å². The summed E-state index contributed by atoms with van der Waals surface area (Å²) < 4.78 is 6.73. The van der Waals surface area contributed by atoms with Crippen molar-refractivity contribution in [3.05, 3.63) is 40.3 Å². The molecule has 0 fully saturated rings. The van der Waals surface area contributed by atoms with Crippen LogP contribution in [0.15, 0.2) is 29.1 Å². The Labute approximate surface area is 165 Å². The third-order valence-electron chi connectivity index (χ3n) is 4.61. The van der Waals surface area contributed by atoms with E-state index in [1.54, 1.807) is 4.57 Å². The number of aryl methyl sites for hydroxylation is 2. The van der Waals surface area contributed by atoms with Gasteiger partial charge in [0.2, 0.25) is 0 Å². The SMILES string of the molecule is CCCCn1c(=O)c(CCC(=O)OCC(=O)NC(C)CC)nc2ccccc21. The predicted octanol–water partition coefficient (Wildman–Crippen LogP) is 2.59. The lowest BCUT2D eigenvalue weighted by atomic mass is 10.2. The van der Waals surface area contributed by atoms with E-state index in [0.29, 0.717) is 12.2 Å². The topological polar surface area (TPSA) is 90.3 Å². The highest BCUT2D eigenvalue weighted by atomic mass is 16.5. The van der Waals surface area contributed by atoms with Gasteiger partial charge >= 0.3 is 5.97 Å². The van der Waals surface area contributed by atoms with Crippen LogP contribution in [0, 0.1) is 0 Å². The van der Waals surface area contributed by atoms with Crippen LogP contribution in [0.25, 0.3) is 11.0 Å². The minimum absolute atomic E-state index is 0.00493. The summed E-state index contributed by atoms with van der Waals surface area (Å²) in [5.41, 5.74) is 1.70. The van der Waals surface area contributed by atoms with Crippen molar-refractivity contribution in [2.45, 2.75) is 65.5 Å². The van der Waals surface area contributed by atoms with E-state index in [1.807, 2.05) is 38.1 Å². The number of rotatable bonds is 10. The first-order valence-corrected chi connectivity index (χ1v) is 9.89. The number of para-hydroxylation sites is 2. The Kier molecular flexibility index (Phi) is 8.17. The molecule has 0 aliphatic heterocycles. The number of fused-ring (bicyclic) bond motifs is 1. The number of benzene rings is 1. The van der Waals surface area contributed by atoms with E-state index < -0.39 is 5.97 Å². The van der Waals surface area contributed by atoms with Crippen LogP contribution >= 0.6 is 0 Å².